The van der Waals surface area contributed by atoms with Crippen LogP contribution in [-0.2, 0) is 9.59 Å². The monoisotopic (exact) mass is 423 g/mol. The number of para-hydroxylation sites is 1. The van der Waals surface area contributed by atoms with E-state index in [0.717, 1.165) is 17.0 Å². The highest BCUT2D eigenvalue weighted by molar-refractivity contribution is 7.14. The molecule has 0 aliphatic carbocycles. The number of anilines is 2. The number of carbonyl (C=O) groups is 2. The van der Waals surface area contributed by atoms with E-state index >= 15 is 0 Å². The lowest BCUT2D eigenvalue weighted by Crippen LogP contribution is -2.41. The van der Waals surface area contributed by atoms with Crippen LogP contribution < -0.4 is 19.7 Å². The SMILES string of the molecule is CC1Oc2ccc(-c3csc(NC(=O)CCOc4ccccc4)n3)cc2N(C)C1=O. The Kier molecular flexibility index (Phi) is 5.67. The molecule has 2 heterocycles. The van der Waals surface area contributed by atoms with Crippen LogP contribution in [0.1, 0.15) is 13.3 Å². The normalized spacial score (nSPS) is 15.3. The van der Waals surface area contributed by atoms with Crippen molar-refractivity contribution in [3.63, 3.8) is 0 Å². The predicted molar refractivity (Wildman–Crippen MR) is 116 cm³/mol. The van der Waals surface area contributed by atoms with Crippen LogP contribution in [0.15, 0.2) is 53.9 Å². The Labute approximate surface area is 178 Å². The molecule has 0 fully saturated rings. The standard InChI is InChI=1S/C22H21N3O4S/c1-14-21(27)25(2)18-12-15(8-9-19(18)29-14)17-13-30-22(23-17)24-20(26)10-11-28-16-6-4-3-5-7-16/h3-9,12-14H,10-11H2,1-2H3,(H,23,24,26). The number of amides is 2. The zero-order chi connectivity index (χ0) is 21.1. The fourth-order valence-corrected chi connectivity index (χ4v) is 3.83. The first kappa shape index (κ1) is 19.9. The van der Waals surface area contributed by atoms with Crippen molar-refractivity contribution in [2.45, 2.75) is 19.4 Å². The first-order chi connectivity index (χ1) is 14.5. The molecule has 2 aromatic carbocycles. The van der Waals surface area contributed by atoms with Crippen molar-refractivity contribution in [2.24, 2.45) is 0 Å². The Morgan fingerprint density at radius 1 is 1.27 bits per heavy atom. The van der Waals surface area contributed by atoms with Crippen LogP contribution in [0.3, 0.4) is 0 Å². The average molecular weight is 423 g/mol. The topological polar surface area (TPSA) is 80.8 Å². The molecule has 0 saturated carbocycles. The molecule has 1 aromatic heterocycles. The maximum Gasteiger partial charge on any atom is 0.267 e. The van der Waals surface area contributed by atoms with Crippen molar-refractivity contribution in [3.05, 3.63) is 53.9 Å². The minimum atomic E-state index is -0.500. The highest BCUT2D eigenvalue weighted by Crippen LogP contribution is 2.37. The van der Waals surface area contributed by atoms with Crippen molar-refractivity contribution in [3.8, 4) is 22.8 Å². The van der Waals surface area contributed by atoms with Gasteiger partial charge < -0.3 is 19.7 Å². The average Bonchev–Trinajstić information content (AvgIpc) is 3.21. The molecule has 3 aromatic rings. The smallest absolute Gasteiger partial charge is 0.267 e. The molecule has 154 valence electrons. The van der Waals surface area contributed by atoms with E-state index in [1.165, 1.54) is 11.3 Å². The molecule has 7 nitrogen and oxygen atoms in total. The molecule has 30 heavy (non-hydrogen) atoms. The minimum Gasteiger partial charge on any atom is -0.493 e. The molecule has 0 radical (unpaired) electrons. The number of hydrogen-bond donors (Lipinski definition) is 1. The molecule has 1 atom stereocenters. The Morgan fingerprint density at radius 2 is 2.07 bits per heavy atom. The number of nitrogens with zero attached hydrogens (tertiary/aromatic N) is 2. The van der Waals surface area contributed by atoms with E-state index < -0.39 is 6.10 Å². The van der Waals surface area contributed by atoms with E-state index in [1.807, 2.05) is 53.9 Å². The van der Waals surface area contributed by atoms with Crippen molar-refractivity contribution < 1.29 is 19.1 Å². The van der Waals surface area contributed by atoms with Gasteiger partial charge in [-0.2, -0.15) is 0 Å². The van der Waals surface area contributed by atoms with Crippen molar-refractivity contribution in [2.75, 3.05) is 23.9 Å². The van der Waals surface area contributed by atoms with Gasteiger partial charge in [0.25, 0.3) is 5.91 Å². The Balaban J connectivity index is 1.38. The summed E-state index contributed by atoms with van der Waals surface area (Å²) >= 11 is 1.35. The number of likely N-dealkylation sites (N-methyl/N-ethyl adjacent to an activating group) is 1. The highest BCUT2D eigenvalue weighted by atomic mass is 32.1. The van der Waals surface area contributed by atoms with Gasteiger partial charge in [0.1, 0.15) is 11.5 Å². The number of hydrogen-bond acceptors (Lipinski definition) is 6. The van der Waals surface area contributed by atoms with Gasteiger partial charge in [-0.15, -0.1) is 11.3 Å². The van der Waals surface area contributed by atoms with E-state index in [2.05, 4.69) is 10.3 Å². The summed E-state index contributed by atoms with van der Waals surface area (Å²) in [5, 5.41) is 5.18. The van der Waals surface area contributed by atoms with Gasteiger partial charge in [0.2, 0.25) is 5.91 Å². The van der Waals surface area contributed by atoms with Crippen LogP contribution in [-0.4, -0.2) is 36.6 Å². The van der Waals surface area contributed by atoms with E-state index in [9.17, 15) is 9.59 Å². The zero-order valence-electron chi connectivity index (χ0n) is 16.6. The summed E-state index contributed by atoms with van der Waals surface area (Å²) in [6.45, 7) is 2.02. The maximum atomic E-state index is 12.2. The number of ether oxygens (including phenoxy) is 2. The number of nitrogens with one attached hydrogen (secondary N) is 1. The van der Waals surface area contributed by atoms with Gasteiger partial charge in [0, 0.05) is 18.0 Å². The van der Waals surface area contributed by atoms with Crippen LogP contribution in [0.25, 0.3) is 11.3 Å². The van der Waals surface area contributed by atoms with Crippen LogP contribution in [0.2, 0.25) is 0 Å². The van der Waals surface area contributed by atoms with Crippen molar-refractivity contribution >= 4 is 34.0 Å². The molecule has 1 aliphatic heterocycles. The zero-order valence-corrected chi connectivity index (χ0v) is 17.4. The molecule has 4 rings (SSSR count). The van der Waals surface area contributed by atoms with Gasteiger partial charge in [-0.1, -0.05) is 18.2 Å². The molecule has 8 heteroatoms. The third-order valence-electron chi connectivity index (χ3n) is 4.69. The highest BCUT2D eigenvalue weighted by Gasteiger charge is 2.29. The summed E-state index contributed by atoms with van der Waals surface area (Å²) in [6, 6.07) is 15.0. The second-order valence-corrected chi connectivity index (χ2v) is 7.70. The summed E-state index contributed by atoms with van der Waals surface area (Å²) in [5.74, 6) is 1.14. The summed E-state index contributed by atoms with van der Waals surface area (Å²) in [7, 11) is 1.73. The molecule has 1 N–H and O–H groups in total. The van der Waals surface area contributed by atoms with Gasteiger partial charge in [-0.05, 0) is 37.3 Å². The summed E-state index contributed by atoms with van der Waals surface area (Å²) in [6.07, 6.45) is -0.272. The first-order valence-electron chi connectivity index (χ1n) is 9.53. The largest absolute Gasteiger partial charge is 0.493 e. The summed E-state index contributed by atoms with van der Waals surface area (Å²) in [4.78, 5) is 30.4. The molecule has 0 saturated heterocycles. The number of thiazole rings is 1. The Morgan fingerprint density at radius 3 is 2.87 bits per heavy atom. The molecular weight excluding hydrogens is 402 g/mol. The number of carbonyl (C=O) groups excluding carboxylic acids is 2. The Bertz CT molecular complexity index is 1070. The number of benzene rings is 2. The van der Waals surface area contributed by atoms with Crippen molar-refractivity contribution in [1.82, 2.24) is 4.98 Å². The number of aromatic nitrogens is 1. The first-order valence-corrected chi connectivity index (χ1v) is 10.4. The molecule has 0 bridgehead atoms. The van der Waals surface area contributed by atoms with Crippen LogP contribution >= 0.6 is 11.3 Å². The maximum absolute atomic E-state index is 12.2. The van der Waals surface area contributed by atoms with Crippen LogP contribution in [0.4, 0.5) is 10.8 Å². The van der Waals surface area contributed by atoms with Crippen molar-refractivity contribution in [1.29, 1.82) is 0 Å². The quantitative estimate of drug-likeness (QED) is 0.649. The van der Waals surface area contributed by atoms with Gasteiger partial charge in [-0.25, -0.2) is 4.98 Å². The molecule has 2 amide bonds. The minimum absolute atomic E-state index is 0.0939. The van der Waals surface area contributed by atoms with E-state index in [-0.39, 0.29) is 24.8 Å². The van der Waals surface area contributed by atoms with Gasteiger partial charge >= 0.3 is 0 Å². The Hall–Kier alpha value is -3.39. The molecular formula is C22H21N3O4S. The summed E-state index contributed by atoms with van der Waals surface area (Å²) in [5.41, 5.74) is 2.26. The summed E-state index contributed by atoms with van der Waals surface area (Å²) < 4.78 is 11.2. The third-order valence-corrected chi connectivity index (χ3v) is 5.45. The molecule has 1 aliphatic rings. The number of rotatable bonds is 6. The van der Waals surface area contributed by atoms with E-state index in [1.54, 1.807) is 18.9 Å². The third kappa shape index (κ3) is 4.28. The van der Waals surface area contributed by atoms with E-state index in [0.29, 0.717) is 16.6 Å². The van der Waals surface area contributed by atoms with Gasteiger partial charge in [0.15, 0.2) is 11.2 Å². The second-order valence-electron chi connectivity index (χ2n) is 6.84. The van der Waals surface area contributed by atoms with E-state index in [4.69, 9.17) is 9.47 Å². The lowest BCUT2D eigenvalue weighted by atomic mass is 10.1. The van der Waals surface area contributed by atoms with Gasteiger partial charge in [0.05, 0.1) is 24.4 Å². The second kappa shape index (κ2) is 8.54. The fourth-order valence-electron chi connectivity index (χ4n) is 3.09. The molecule has 1 unspecified atom stereocenters. The number of fused-ring (bicyclic) bond motifs is 1. The fraction of sp³-hybridized carbons (Fsp3) is 0.227. The van der Waals surface area contributed by atoms with Crippen LogP contribution in [0.5, 0.6) is 11.5 Å². The predicted octanol–water partition coefficient (Wildman–Crippen LogP) is 3.96. The van der Waals surface area contributed by atoms with Gasteiger partial charge in [-0.3, -0.25) is 9.59 Å². The molecule has 0 spiro atoms. The van der Waals surface area contributed by atoms with Crippen LogP contribution in [0, 0.1) is 0 Å². The lowest BCUT2D eigenvalue weighted by molar-refractivity contribution is -0.125. The lowest BCUT2D eigenvalue weighted by Gasteiger charge is -2.30.